The Kier molecular flexibility index (Phi) is 3.62. The second-order valence-electron chi connectivity index (χ2n) is 3.85. The predicted octanol–water partition coefficient (Wildman–Crippen LogP) is 3.99. The van der Waals surface area contributed by atoms with E-state index in [-0.39, 0.29) is 5.54 Å². The van der Waals surface area contributed by atoms with Crippen molar-refractivity contribution in [3.63, 3.8) is 0 Å². The van der Waals surface area contributed by atoms with Crippen molar-refractivity contribution in [3.05, 3.63) is 22.3 Å². The van der Waals surface area contributed by atoms with Crippen LogP contribution in [0.2, 0.25) is 10.0 Å². The molecule has 0 amide bonds. The molecule has 0 aliphatic rings. The van der Waals surface area contributed by atoms with Gasteiger partial charge in [-0.25, -0.2) is 4.98 Å². The van der Waals surface area contributed by atoms with Gasteiger partial charge in [-0.1, -0.05) is 30.1 Å². The molecule has 0 aromatic carbocycles. The van der Waals surface area contributed by atoms with Crippen LogP contribution < -0.4 is 5.32 Å². The van der Waals surface area contributed by atoms with Crippen LogP contribution in [-0.4, -0.2) is 10.5 Å². The maximum Gasteiger partial charge on any atom is 0.145 e. The van der Waals surface area contributed by atoms with Crippen molar-refractivity contribution in [2.75, 3.05) is 5.32 Å². The maximum atomic E-state index is 5.98. The molecule has 1 aromatic rings. The van der Waals surface area contributed by atoms with E-state index in [1.165, 1.54) is 0 Å². The quantitative estimate of drug-likeness (QED) is 0.853. The first-order valence-electron chi connectivity index (χ1n) is 4.54. The molecule has 0 saturated heterocycles. The van der Waals surface area contributed by atoms with Gasteiger partial charge >= 0.3 is 0 Å². The second kappa shape index (κ2) is 4.37. The number of anilines is 1. The Morgan fingerprint density at radius 3 is 2.57 bits per heavy atom. The van der Waals surface area contributed by atoms with Gasteiger partial charge in [0, 0.05) is 11.7 Å². The van der Waals surface area contributed by atoms with Crippen LogP contribution in [0.4, 0.5) is 5.82 Å². The van der Waals surface area contributed by atoms with Gasteiger partial charge in [0.15, 0.2) is 0 Å². The van der Waals surface area contributed by atoms with Crippen LogP contribution >= 0.6 is 23.2 Å². The number of nitrogens with zero attached hydrogens (tertiary/aromatic N) is 1. The van der Waals surface area contributed by atoms with Crippen LogP contribution in [0, 0.1) is 0 Å². The number of hydrogen-bond donors (Lipinski definition) is 1. The first kappa shape index (κ1) is 11.6. The third-order valence-electron chi connectivity index (χ3n) is 2.15. The number of aromatic nitrogens is 1. The highest BCUT2D eigenvalue weighted by Crippen LogP contribution is 2.25. The summed E-state index contributed by atoms with van der Waals surface area (Å²) < 4.78 is 0. The highest BCUT2D eigenvalue weighted by Gasteiger charge is 2.16. The Morgan fingerprint density at radius 2 is 2.07 bits per heavy atom. The van der Waals surface area contributed by atoms with Gasteiger partial charge in [-0.3, -0.25) is 0 Å². The Morgan fingerprint density at radius 1 is 1.43 bits per heavy atom. The van der Waals surface area contributed by atoms with Crippen molar-refractivity contribution in [1.82, 2.24) is 4.98 Å². The van der Waals surface area contributed by atoms with Gasteiger partial charge < -0.3 is 5.32 Å². The summed E-state index contributed by atoms with van der Waals surface area (Å²) in [5, 5.41) is 4.37. The standard InChI is InChI=1S/C10H14Cl2N2/c1-4-10(2,3)14-9-8(12)5-7(11)6-13-9/h5-6H,4H2,1-3H3,(H,13,14). The molecule has 14 heavy (non-hydrogen) atoms. The summed E-state index contributed by atoms with van der Waals surface area (Å²) in [6.45, 7) is 6.30. The molecule has 0 aliphatic heterocycles. The molecule has 0 bridgehead atoms. The van der Waals surface area contributed by atoms with E-state index >= 15 is 0 Å². The van der Waals surface area contributed by atoms with E-state index in [9.17, 15) is 0 Å². The smallest absolute Gasteiger partial charge is 0.145 e. The molecule has 0 aliphatic carbocycles. The zero-order valence-corrected chi connectivity index (χ0v) is 10.1. The summed E-state index contributed by atoms with van der Waals surface area (Å²) >= 11 is 11.7. The molecule has 0 atom stereocenters. The number of hydrogen-bond acceptors (Lipinski definition) is 2. The zero-order valence-electron chi connectivity index (χ0n) is 8.56. The molecule has 78 valence electrons. The Hall–Kier alpha value is -0.470. The first-order valence-corrected chi connectivity index (χ1v) is 5.29. The average Bonchev–Trinajstić information content (AvgIpc) is 2.10. The lowest BCUT2D eigenvalue weighted by molar-refractivity contribution is 0.545. The van der Waals surface area contributed by atoms with Gasteiger partial charge in [0.1, 0.15) is 5.82 Å². The van der Waals surface area contributed by atoms with Gasteiger partial charge in [-0.2, -0.15) is 0 Å². The van der Waals surface area contributed by atoms with Gasteiger partial charge in [-0.15, -0.1) is 0 Å². The molecule has 0 saturated carbocycles. The lowest BCUT2D eigenvalue weighted by Crippen LogP contribution is -2.30. The summed E-state index contributed by atoms with van der Waals surface area (Å²) in [5.41, 5.74) is -0.00945. The summed E-state index contributed by atoms with van der Waals surface area (Å²) in [7, 11) is 0. The molecule has 1 N–H and O–H groups in total. The molecular formula is C10H14Cl2N2. The van der Waals surface area contributed by atoms with Crippen LogP contribution in [0.15, 0.2) is 12.3 Å². The maximum absolute atomic E-state index is 5.98. The molecule has 0 unspecified atom stereocenters. The molecule has 1 rings (SSSR count). The van der Waals surface area contributed by atoms with Gasteiger partial charge in [-0.05, 0) is 26.3 Å². The van der Waals surface area contributed by atoms with E-state index in [1.54, 1.807) is 12.3 Å². The van der Waals surface area contributed by atoms with Crippen molar-refractivity contribution >= 4 is 29.0 Å². The lowest BCUT2D eigenvalue weighted by atomic mass is 10.0. The van der Waals surface area contributed by atoms with Crippen molar-refractivity contribution in [1.29, 1.82) is 0 Å². The fourth-order valence-electron chi connectivity index (χ4n) is 0.915. The number of pyridine rings is 1. The van der Waals surface area contributed by atoms with Crippen molar-refractivity contribution in [2.24, 2.45) is 0 Å². The highest BCUT2D eigenvalue weighted by molar-refractivity contribution is 6.35. The summed E-state index contributed by atoms with van der Waals surface area (Å²) in [5.74, 6) is 0.683. The Bertz CT molecular complexity index is 324. The minimum Gasteiger partial charge on any atom is -0.364 e. The van der Waals surface area contributed by atoms with Gasteiger partial charge in [0.05, 0.1) is 10.0 Å². The largest absolute Gasteiger partial charge is 0.364 e. The van der Waals surface area contributed by atoms with E-state index in [0.717, 1.165) is 6.42 Å². The first-order chi connectivity index (χ1) is 6.44. The number of nitrogens with one attached hydrogen (secondary N) is 1. The lowest BCUT2D eigenvalue weighted by Gasteiger charge is -2.25. The molecule has 0 spiro atoms. The van der Waals surface area contributed by atoms with Crippen molar-refractivity contribution < 1.29 is 0 Å². The van der Waals surface area contributed by atoms with Crippen LogP contribution in [0.1, 0.15) is 27.2 Å². The topological polar surface area (TPSA) is 24.9 Å². The Balaban J connectivity index is 2.87. The van der Waals surface area contributed by atoms with E-state index < -0.39 is 0 Å². The Labute approximate surface area is 94.6 Å². The molecule has 0 fully saturated rings. The fraction of sp³-hybridized carbons (Fsp3) is 0.500. The van der Waals surface area contributed by atoms with E-state index in [1.807, 2.05) is 0 Å². The van der Waals surface area contributed by atoms with Crippen molar-refractivity contribution in [2.45, 2.75) is 32.7 Å². The molecule has 2 nitrogen and oxygen atoms in total. The summed E-state index contributed by atoms with van der Waals surface area (Å²) in [4.78, 5) is 4.14. The predicted molar refractivity (Wildman–Crippen MR) is 62.2 cm³/mol. The number of halogens is 2. The molecule has 1 aromatic heterocycles. The minimum atomic E-state index is -0.00945. The van der Waals surface area contributed by atoms with Gasteiger partial charge in [0.25, 0.3) is 0 Å². The second-order valence-corrected chi connectivity index (χ2v) is 4.69. The summed E-state index contributed by atoms with van der Waals surface area (Å²) in [6, 6.07) is 1.68. The van der Waals surface area contributed by atoms with Gasteiger partial charge in [0.2, 0.25) is 0 Å². The third kappa shape index (κ3) is 3.03. The van der Waals surface area contributed by atoms with Crippen LogP contribution in [0.25, 0.3) is 0 Å². The normalized spacial score (nSPS) is 11.5. The molecule has 1 heterocycles. The van der Waals surface area contributed by atoms with Crippen LogP contribution in [0.3, 0.4) is 0 Å². The van der Waals surface area contributed by atoms with E-state index in [4.69, 9.17) is 23.2 Å². The van der Waals surface area contributed by atoms with Crippen LogP contribution in [-0.2, 0) is 0 Å². The van der Waals surface area contributed by atoms with E-state index in [2.05, 4.69) is 31.1 Å². The fourth-order valence-corrected chi connectivity index (χ4v) is 1.34. The van der Waals surface area contributed by atoms with E-state index in [0.29, 0.717) is 15.9 Å². The monoisotopic (exact) mass is 232 g/mol. The summed E-state index contributed by atoms with van der Waals surface area (Å²) in [6.07, 6.45) is 2.58. The van der Waals surface area contributed by atoms with Crippen molar-refractivity contribution in [3.8, 4) is 0 Å². The van der Waals surface area contributed by atoms with Crippen LogP contribution in [0.5, 0.6) is 0 Å². The average molecular weight is 233 g/mol. The minimum absolute atomic E-state index is 0.00945. The zero-order chi connectivity index (χ0) is 10.8. The molecule has 0 radical (unpaired) electrons. The molecule has 4 heteroatoms. The SMILES string of the molecule is CCC(C)(C)Nc1ncc(Cl)cc1Cl. The highest BCUT2D eigenvalue weighted by atomic mass is 35.5. The molecular weight excluding hydrogens is 219 g/mol. The number of rotatable bonds is 3. The third-order valence-corrected chi connectivity index (χ3v) is 2.64.